The molecule has 3 aliphatic carbocycles. The predicted octanol–water partition coefficient (Wildman–Crippen LogP) is 4.10. The molecule has 4 rings (SSSR count). The fourth-order valence-corrected chi connectivity index (χ4v) is 7.52. The molecule has 7 atom stereocenters. The van der Waals surface area contributed by atoms with Crippen molar-refractivity contribution in [3.05, 3.63) is 23.1 Å². The first-order valence-corrected chi connectivity index (χ1v) is 10.3. The van der Waals surface area contributed by atoms with Crippen LogP contribution in [-0.4, -0.2) is 29.1 Å². The van der Waals surface area contributed by atoms with Crippen molar-refractivity contribution in [3.8, 4) is 0 Å². The number of halogens is 3. The standard InChI is InChI=1S/C19H26F3NO2S/c1-16(2)10-17(3)13-9-12(18(13,17)4)15(16)23-26(24)11-5-6-14(19(20,21)22)25-8-7-11/h5-7,12-15,23H,8-10H2,1-4H3/t12?,13?,14?,15?,17?,18-,26?/m0/s1. The van der Waals surface area contributed by atoms with Crippen LogP contribution in [0.2, 0.25) is 0 Å². The molecule has 4 aliphatic rings. The van der Waals surface area contributed by atoms with Gasteiger partial charge in [-0.15, -0.1) is 0 Å². The number of nitrogens with one attached hydrogen (secondary N) is 1. The van der Waals surface area contributed by atoms with Gasteiger partial charge in [-0.2, -0.15) is 13.2 Å². The second-order valence-electron chi connectivity index (χ2n) is 9.39. The molecule has 0 radical (unpaired) electrons. The molecule has 1 heterocycles. The second-order valence-corrected chi connectivity index (χ2v) is 10.6. The van der Waals surface area contributed by atoms with E-state index < -0.39 is 23.3 Å². The number of hydrogen-bond acceptors (Lipinski definition) is 2. The molecule has 0 aromatic rings. The molecule has 7 heteroatoms. The molecule has 146 valence electrons. The van der Waals surface area contributed by atoms with Gasteiger partial charge in [0.2, 0.25) is 0 Å². The van der Waals surface area contributed by atoms with Crippen LogP contribution in [0.1, 0.15) is 40.5 Å². The molecule has 1 aliphatic heterocycles. The Kier molecular flexibility index (Phi) is 3.92. The molecule has 0 aromatic carbocycles. The van der Waals surface area contributed by atoms with Gasteiger partial charge in [-0.25, -0.2) is 8.93 Å². The molecule has 1 N–H and O–H groups in total. The zero-order chi connectivity index (χ0) is 19.1. The van der Waals surface area contributed by atoms with Crippen LogP contribution in [0.25, 0.3) is 0 Å². The van der Waals surface area contributed by atoms with Crippen LogP contribution in [0.15, 0.2) is 23.1 Å². The number of ether oxygens (including phenoxy) is 1. The van der Waals surface area contributed by atoms with Gasteiger partial charge in [0.15, 0.2) is 6.10 Å². The van der Waals surface area contributed by atoms with Gasteiger partial charge >= 0.3 is 6.18 Å². The van der Waals surface area contributed by atoms with Gasteiger partial charge in [-0.1, -0.05) is 27.7 Å². The van der Waals surface area contributed by atoms with Gasteiger partial charge in [0, 0.05) is 6.04 Å². The summed E-state index contributed by atoms with van der Waals surface area (Å²) in [6, 6.07) is 0.0945. The summed E-state index contributed by atoms with van der Waals surface area (Å²) in [5, 5.41) is 0. The molecule has 3 nitrogen and oxygen atoms in total. The van der Waals surface area contributed by atoms with Gasteiger partial charge in [-0.05, 0) is 59.2 Å². The first-order chi connectivity index (χ1) is 11.9. The molecular weight excluding hydrogens is 363 g/mol. The number of rotatable bonds is 3. The lowest BCUT2D eigenvalue weighted by Gasteiger charge is -2.51. The molecule has 3 saturated carbocycles. The van der Waals surface area contributed by atoms with Crippen LogP contribution in [-0.2, 0) is 15.7 Å². The lowest BCUT2D eigenvalue weighted by Crippen LogP contribution is -2.56. The Bertz CT molecular complexity index is 716. The minimum absolute atomic E-state index is 0.000154. The Balaban J connectivity index is 1.49. The predicted molar refractivity (Wildman–Crippen MR) is 94.3 cm³/mol. The molecule has 0 amide bonds. The molecule has 0 spiro atoms. The highest BCUT2D eigenvalue weighted by Crippen LogP contribution is 2.88. The molecule has 0 bridgehead atoms. The van der Waals surface area contributed by atoms with Gasteiger partial charge < -0.3 is 4.74 Å². The van der Waals surface area contributed by atoms with Crippen LogP contribution in [0.4, 0.5) is 13.2 Å². The lowest BCUT2D eigenvalue weighted by atomic mass is 9.58. The smallest absolute Gasteiger partial charge is 0.361 e. The normalized spacial score (nSPS) is 47.3. The highest BCUT2D eigenvalue weighted by molar-refractivity contribution is 7.87. The number of hydrogen-bond donors (Lipinski definition) is 1. The first-order valence-electron chi connectivity index (χ1n) is 9.16. The van der Waals surface area contributed by atoms with E-state index in [4.69, 9.17) is 4.74 Å². The van der Waals surface area contributed by atoms with Gasteiger partial charge in [0.1, 0.15) is 11.0 Å². The van der Waals surface area contributed by atoms with Crippen LogP contribution in [0, 0.1) is 28.1 Å². The maximum absolute atomic E-state index is 12.9. The van der Waals surface area contributed by atoms with Gasteiger partial charge in [0.25, 0.3) is 0 Å². The van der Waals surface area contributed by atoms with Crippen molar-refractivity contribution < 1.29 is 22.1 Å². The third-order valence-corrected chi connectivity index (χ3v) is 8.93. The summed E-state index contributed by atoms with van der Waals surface area (Å²) in [4.78, 5) is 0.359. The van der Waals surface area contributed by atoms with E-state index in [9.17, 15) is 17.4 Å². The number of allylic oxidation sites excluding steroid dienone is 1. The topological polar surface area (TPSA) is 38.3 Å². The summed E-state index contributed by atoms with van der Waals surface area (Å²) in [5.74, 6) is 1.23. The Morgan fingerprint density at radius 3 is 2.62 bits per heavy atom. The number of alkyl halides is 3. The summed E-state index contributed by atoms with van der Waals surface area (Å²) in [6.45, 7) is 8.93. The molecule has 26 heavy (non-hydrogen) atoms. The number of fused-ring (bicyclic) bond motifs is 1. The van der Waals surface area contributed by atoms with Crippen molar-refractivity contribution in [2.24, 2.45) is 28.1 Å². The molecule has 3 fully saturated rings. The highest BCUT2D eigenvalue weighted by atomic mass is 32.2. The van der Waals surface area contributed by atoms with Gasteiger partial charge in [0.05, 0.1) is 11.5 Å². The zero-order valence-corrected chi connectivity index (χ0v) is 16.3. The molecule has 0 saturated heterocycles. The highest BCUT2D eigenvalue weighted by Gasteiger charge is 2.84. The first kappa shape index (κ1) is 18.7. The summed E-state index contributed by atoms with van der Waals surface area (Å²) in [6.07, 6.45) is -0.447. The van der Waals surface area contributed by atoms with E-state index in [1.807, 2.05) is 0 Å². The van der Waals surface area contributed by atoms with E-state index in [2.05, 4.69) is 32.4 Å². The summed E-state index contributed by atoms with van der Waals surface area (Å²) in [7, 11) is -1.55. The SMILES string of the molecule is CC1(C)CC2(C)C3CC(C1NS(=O)C1=CCOC(C(F)(F)F)C=C1)[C@@]32C. The minimum Gasteiger partial charge on any atom is -0.361 e. The van der Waals surface area contributed by atoms with Crippen LogP contribution < -0.4 is 4.72 Å². The van der Waals surface area contributed by atoms with Crippen molar-refractivity contribution in [2.45, 2.75) is 58.9 Å². The van der Waals surface area contributed by atoms with Crippen molar-refractivity contribution >= 4 is 11.0 Å². The monoisotopic (exact) mass is 389 g/mol. The third-order valence-electron chi connectivity index (χ3n) is 7.73. The van der Waals surface area contributed by atoms with E-state index in [-0.39, 0.29) is 18.1 Å². The zero-order valence-electron chi connectivity index (χ0n) is 15.5. The lowest BCUT2D eigenvalue weighted by molar-refractivity contribution is -0.200. The Labute approximate surface area is 155 Å². The van der Waals surface area contributed by atoms with Crippen molar-refractivity contribution in [3.63, 3.8) is 0 Å². The quantitative estimate of drug-likeness (QED) is 0.789. The van der Waals surface area contributed by atoms with E-state index in [1.54, 1.807) is 0 Å². The van der Waals surface area contributed by atoms with E-state index in [0.717, 1.165) is 24.8 Å². The minimum atomic E-state index is -4.45. The van der Waals surface area contributed by atoms with E-state index in [1.165, 1.54) is 12.2 Å². The van der Waals surface area contributed by atoms with Crippen LogP contribution in [0.3, 0.4) is 0 Å². The Hall–Kier alpha value is -0.660. The Morgan fingerprint density at radius 2 is 1.96 bits per heavy atom. The summed E-state index contributed by atoms with van der Waals surface area (Å²) in [5.41, 5.74) is 0.707. The second kappa shape index (κ2) is 5.45. The van der Waals surface area contributed by atoms with Gasteiger partial charge in [-0.3, -0.25) is 0 Å². The Morgan fingerprint density at radius 1 is 1.27 bits per heavy atom. The third kappa shape index (κ3) is 2.42. The largest absolute Gasteiger partial charge is 0.418 e. The van der Waals surface area contributed by atoms with Crippen LogP contribution >= 0.6 is 0 Å². The van der Waals surface area contributed by atoms with Crippen molar-refractivity contribution in [1.82, 2.24) is 4.72 Å². The average molecular weight is 389 g/mol. The van der Waals surface area contributed by atoms with E-state index >= 15 is 0 Å². The van der Waals surface area contributed by atoms with E-state index in [0.29, 0.717) is 21.7 Å². The van der Waals surface area contributed by atoms with Crippen LogP contribution in [0.5, 0.6) is 0 Å². The fraction of sp³-hybridized carbons (Fsp3) is 0.789. The average Bonchev–Trinajstić information content (AvgIpc) is 3.04. The van der Waals surface area contributed by atoms with Crippen molar-refractivity contribution in [1.29, 1.82) is 0 Å². The molecule has 6 unspecified atom stereocenters. The maximum atomic E-state index is 12.9. The summed E-state index contributed by atoms with van der Waals surface area (Å²) >= 11 is 0. The van der Waals surface area contributed by atoms with Crippen molar-refractivity contribution in [2.75, 3.05) is 6.61 Å². The summed E-state index contributed by atoms with van der Waals surface area (Å²) < 4.78 is 59.4. The fourth-order valence-electron chi connectivity index (χ4n) is 6.25. The molecule has 0 aromatic heterocycles. The maximum Gasteiger partial charge on any atom is 0.418 e. The molecular formula is C19H26F3NO2S.